The molecule has 2 saturated heterocycles. The Bertz CT molecular complexity index is 853. The topological polar surface area (TPSA) is 96.0 Å². The number of nitrogens with one attached hydrogen (secondary N) is 1. The average Bonchev–Trinajstić information content (AvgIpc) is 3.26. The van der Waals surface area contributed by atoms with Gasteiger partial charge >= 0.3 is 0 Å². The molecule has 0 atom stereocenters. The molecule has 29 heavy (non-hydrogen) atoms. The number of ether oxygens (including phenoxy) is 1. The second-order valence-corrected chi connectivity index (χ2v) is 10.1. The molecule has 1 aromatic carbocycles. The summed E-state index contributed by atoms with van der Waals surface area (Å²) in [5.41, 5.74) is 0.359. The van der Waals surface area contributed by atoms with Gasteiger partial charge in [-0.2, -0.15) is 4.31 Å². The summed E-state index contributed by atoms with van der Waals surface area (Å²) in [4.78, 5) is 26.0. The van der Waals surface area contributed by atoms with Crippen LogP contribution in [0.1, 0.15) is 12.8 Å². The number of anilines is 1. The number of thioether (sulfide) groups is 1. The molecule has 0 spiro atoms. The molecule has 2 fully saturated rings. The molecule has 2 aliphatic rings. The lowest BCUT2D eigenvalue weighted by molar-refractivity contribution is -0.132. The standard InChI is InChI=1S/C18H24ClN3O5S2/c19-15-4-3-14(11-16(15)29(25,26)22-5-1-2-6-22)20-17(23)12-28-13-18(24)21-7-9-27-10-8-21/h3-4,11H,1-2,5-10,12-13H2,(H,20,23). The molecular weight excluding hydrogens is 438 g/mol. The van der Waals surface area contributed by atoms with Gasteiger partial charge in [0.25, 0.3) is 0 Å². The Balaban J connectivity index is 1.54. The molecule has 2 aliphatic heterocycles. The maximum Gasteiger partial charge on any atom is 0.244 e. The second-order valence-electron chi connectivity index (χ2n) is 6.79. The Morgan fingerprint density at radius 2 is 1.79 bits per heavy atom. The van der Waals surface area contributed by atoms with E-state index < -0.39 is 10.0 Å². The number of nitrogens with zero attached hydrogens (tertiary/aromatic N) is 2. The van der Waals surface area contributed by atoms with Crippen LogP contribution >= 0.6 is 23.4 Å². The smallest absolute Gasteiger partial charge is 0.244 e. The minimum atomic E-state index is -3.68. The largest absolute Gasteiger partial charge is 0.378 e. The quantitative estimate of drug-likeness (QED) is 0.663. The minimum Gasteiger partial charge on any atom is -0.378 e. The summed E-state index contributed by atoms with van der Waals surface area (Å²) in [6.07, 6.45) is 1.65. The summed E-state index contributed by atoms with van der Waals surface area (Å²) in [6, 6.07) is 4.42. The lowest BCUT2D eigenvalue weighted by Gasteiger charge is -2.26. The summed E-state index contributed by atoms with van der Waals surface area (Å²) in [5.74, 6) is -0.0246. The Morgan fingerprint density at radius 3 is 2.48 bits per heavy atom. The zero-order valence-corrected chi connectivity index (χ0v) is 18.3. The number of benzene rings is 1. The van der Waals surface area contributed by atoms with E-state index in [1.54, 1.807) is 11.0 Å². The van der Waals surface area contributed by atoms with E-state index in [1.165, 1.54) is 28.2 Å². The third-order valence-corrected chi connectivity index (χ3v) is 8.02. The third kappa shape index (κ3) is 5.85. The van der Waals surface area contributed by atoms with Crippen molar-refractivity contribution in [2.24, 2.45) is 0 Å². The van der Waals surface area contributed by atoms with Crippen molar-refractivity contribution in [1.29, 1.82) is 0 Å². The van der Waals surface area contributed by atoms with Crippen molar-refractivity contribution in [3.63, 3.8) is 0 Å². The molecule has 160 valence electrons. The van der Waals surface area contributed by atoms with E-state index in [0.717, 1.165) is 12.8 Å². The molecule has 2 amide bonds. The number of hydrogen-bond donors (Lipinski definition) is 1. The maximum atomic E-state index is 12.8. The van der Waals surface area contributed by atoms with E-state index in [1.807, 2.05) is 0 Å². The van der Waals surface area contributed by atoms with Crippen molar-refractivity contribution in [2.75, 3.05) is 56.2 Å². The van der Waals surface area contributed by atoms with E-state index in [2.05, 4.69) is 5.32 Å². The summed E-state index contributed by atoms with van der Waals surface area (Å²) >= 11 is 7.33. The van der Waals surface area contributed by atoms with Gasteiger partial charge in [-0.15, -0.1) is 11.8 Å². The molecule has 8 nitrogen and oxygen atoms in total. The van der Waals surface area contributed by atoms with Crippen molar-refractivity contribution in [1.82, 2.24) is 9.21 Å². The SMILES string of the molecule is O=C(CSCC(=O)N1CCOCC1)Nc1ccc(Cl)c(S(=O)(=O)N2CCCC2)c1. The summed E-state index contributed by atoms with van der Waals surface area (Å²) < 4.78 is 32.2. The van der Waals surface area contributed by atoms with Gasteiger partial charge in [-0.1, -0.05) is 11.6 Å². The Kier molecular flexibility index (Phi) is 7.80. The van der Waals surface area contributed by atoms with Crippen LogP contribution in [0.15, 0.2) is 23.1 Å². The van der Waals surface area contributed by atoms with Gasteiger partial charge in [-0.05, 0) is 31.0 Å². The normalized spacial score (nSPS) is 18.0. The van der Waals surface area contributed by atoms with Crippen LogP contribution in [0.3, 0.4) is 0 Å². The molecule has 0 aliphatic carbocycles. The van der Waals surface area contributed by atoms with E-state index in [4.69, 9.17) is 16.3 Å². The van der Waals surface area contributed by atoms with E-state index >= 15 is 0 Å². The van der Waals surface area contributed by atoms with Crippen molar-refractivity contribution in [3.8, 4) is 0 Å². The number of carbonyl (C=O) groups is 2. The van der Waals surface area contributed by atoms with E-state index in [0.29, 0.717) is 45.1 Å². The van der Waals surface area contributed by atoms with Crippen molar-refractivity contribution in [3.05, 3.63) is 23.2 Å². The highest BCUT2D eigenvalue weighted by molar-refractivity contribution is 8.00. The van der Waals surface area contributed by atoms with Crippen molar-refractivity contribution >= 4 is 50.9 Å². The fraction of sp³-hybridized carbons (Fsp3) is 0.556. The van der Waals surface area contributed by atoms with Gasteiger partial charge in [0.05, 0.1) is 29.7 Å². The molecule has 0 saturated carbocycles. The van der Waals surface area contributed by atoms with E-state index in [-0.39, 0.29) is 33.2 Å². The Morgan fingerprint density at radius 1 is 1.10 bits per heavy atom. The van der Waals surface area contributed by atoms with Gasteiger partial charge in [-0.3, -0.25) is 9.59 Å². The predicted molar refractivity (Wildman–Crippen MR) is 113 cm³/mol. The zero-order valence-electron chi connectivity index (χ0n) is 15.9. The monoisotopic (exact) mass is 461 g/mol. The molecule has 0 unspecified atom stereocenters. The van der Waals surface area contributed by atoms with Gasteiger partial charge < -0.3 is 15.0 Å². The minimum absolute atomic E-state index is 0.00554. The Hall–Kier alpha value is -1.33. The number of carbonyl (C=O) groups excluding carboxylic acids is 2. The van der Waals surface area contributed by atoms with Gasteiger partial charge in [0, 0.05) is 31.9 Å². The molecule has 0 aromatic heterocycles. The van der Waals surface area contributed by atoms with Crippen LogP contribution in [0, 0.1) is 0 Å². The average molecular weight is 462 g/mol. The molecule has 0 bridgehead atoms. The number of amides is 2. The fourth-order valence-electron chi connectivity index (χ4n) is 3.18. The second kappa shape index (κ2) is 10.1. The highest BCUT2D eigenvalue weighted by Crippen LogP contribution is 2.29. The van der Waals surface area contributed by atoms with Crippen LogP contribution in [-0.2, 0) is 24.3 Å². The molecule has 2 heterocycles. The molecule has 11 heteroatoms. The molecule has 3 rings (SSSR count). The zero-order chi connectivity index (χ0) is 20.9. The van der Waals surface area contributed by atoms with Gasteiger partial charge in [0.15, 0.2) is 0 Å². The molecule has 1 N–H and O–H groups in total. The predicted octanol–water partition coefficient (Wildman–Crippen LogP) is 1.65. The molecule has 0 radical (unpaired) electrons. The summed E-state index contributed by atoms with van der Waals surface area (Å²) in [6.45, 7) is 3.17. The van der Waals surface area contributed by atoms with Gasteiger partial charge in [0.1, 0.15) is 4.90 Å². The first-order chi connectivity index (χ1) is 13.9. The highest BCUT2D eigenvalue weighted by Gasteiger charge is 2.29. The Labute approximate surface area is 179 Å². The van der Waals surface area contributed by atoms with Crippen molar-refractivity contribution in [2.45, 2.75) is 17.7 Å². The lowest BCUT2D eigenvalue weighted by Crippen LogP contribution is -2.41. The number of morpholine rings is 1. The van der Waals surface area contributed by atoms with Crippen molar-refractivity contribution < 1.29 is 22.7 Å². The summed E-state index contributed by atoms with van der Waals surface area (Å²) in [7, 11) is -3.68. The number of rotatable bonds is 7. The lowest BCUT2D eigenvalue weighted by atomic mass is 10.3. The number of sulfonamides is 1. The first-order valence-corrected chi connectivity index (χ1v) is 12.4. The van der Waals surface area contributed by atoms with Crippen LogP contribution in [0.5, 0.6) is 0 Å². The van der Waals surface area contributed by atoms with Crippen LogP contribution in [0.25, 0.3) is 0 Å². The van der Waals surface area contributed by atoms with Crippen LogP contribution < -0.4 is 5.32 Å². The van der Waals surface area contributed by atoms with Crippen LogP contribution in [-0.4, -0.2) is 80.3 Å². The number of hydrogen-bond acceptors (Lipinski definition) is 6. The molecular formula is C18H24ClN3O5S2. The first-order valence-electron chi connectivity index (χ1n) is 9.41. The number of halogens is 1. The van der Waals surface area contributed by atoms with Gasteiger partial charge in [0.2, 0.25) is 21.8 Å². The fourth-order valence-corrected chi connectivity index (χ4v) is 5.91. The molecule has 1 aromatic rings. The van der Waals surface area contributed by atoms with E-state index in [9.17, 15) is 18.0 Å². The summed E-state index contributed by atoms with van der Waals surface area (Å²) in [5, 5.41) is 2.80. The third-order valence-electron chi connectivity index (χ3n) is 4.72. The first kappa shape index (κ1) is 22.4. The van der Waals surface area contributed by atoms with Gasteiger partial charge in [-0.25, -0.2) is 8.42 Å². The van der Waals surface area contributed by atoms with Crippen LogP contribution in [0.2, 0.25) is 5.02 Å². The maximum absolute atomic E-state index is 12.8. The van der Waals surface area contributed by atoms with Crippen LogP contribution in [0.4, 0.5) is 5.69 Å². The highest BCUT2D eigenvalue weighted by atomic mass is 35.5.